The van der Waals surface area contributed by atoms with Gasteiger partial charge in [0.05, 0.1) is 0 Å². The predicted molar refractivity (Wildman–Crippen MR) is 78.5 cm³/mol. The third-order valence-electron chi connectivity index (χ3n) is 4.83. The van der Waals surface area contributed by atoms with Gasteiger partial charge >= 0.3 is 0 Å². The van der Waals surface area contributed by atoms with Gasteiger partial charge in [0.15, 0.2) is 17.7 Å². The quantitative estimate of drug-likeness (QED) is 0.904. The summed E-state index contributed by atoms with van der Waals surface area (Å²) in [5.41, 5.74) is 0. The van der Waals surface area contributed by atoms with Crippen LogP contribution in [0.3, 0.4) is 0 Å². The number of carbonyl (C=O) groups is 1. The van der Waals surface area contributed by atoms with Crippen molar-refractivity contribution in [2.45, 2.75) is 51.2 Å². The summed E-state index contributed by atoms with van der Waals surface area (Å²) in [5.74, 6) is 1.02. The summed E-state index contributed by atoms with van der Waals surface area (Å²) in [6, 6.07) is 6.50. The van der Waals surface area contributed by atoms with Crippen molar-refractivity contribution >= 4 is 5.91 Å². The lowest BCUT2D eigenvalue weighted by Gasteiger charge is -2.25. The van der Waals surface area contributed by atoms with E-state index in [4.69, 9.17) is 4.74 Å². The number of halogens is 1. The highest BCUT2D eigenvalue weighted by atomic mass is 19.1. The minimum Gasteiger partial charge on any atom is -0.478 e. The van der Waals surface area contributed by atoms with Crippen molar-refractivity contribution in [2.75, 3.05) is 0 Å². The van der Waals surface area contributed by atoms with Gasteiger partial charge in [-0.15, -0.1) is 0 Å². The predicted octanol–water partition coefficient (Wildman–Crippen LogP) is 3.29. The first-order chi connectivity index (χ1) is 10.2. The van der Waals surface area contributed by atoms with Gasteiger partial charge in [0.1, 0.15) is 0 Å². The summed E-state index contributed by atoms with van der Waals surface area (Å²) < 4.78 is 19.2. The molecule has 2 bridgehead atoms. The van der Waals surface area contributed by atoms with Crippen LogP contribution in [0.5, 0.6) is 5.75 Å². The van der Waals surface area contributed by atoms with E-state index < -0.39 is 11.9 Å². The molecule has 2 fully saturated rings. The molecular formula is C17H22FNO2. The van der Waals surface area contributed by atoms with Crippen LogP contribution >= 0.6 is 0 Å². The average Bonchev–Trinajstić information content (AvgIpc) is 3.09. The number of fused-ring (bicyclic) bond motifs is 2. The summed E-state index contributed by atoms with van der Waals surface area (Å²) in [4.78, 5) is 12.4. The fourth-order valence-corrected chi connectivity index (χ4v) is 3.71. The minimum absolute atomic E-state index is 0.113. The van der Waals surface area contributed by atoms with Crippen LogP contribution in [-0.4, -0.2) is 18.1 Å². The second-order valence-corrected chi connectivity index (χ2v) is 6.24. The van der Waals surface area contributed by atoms with Gasteiger partial charge in [-0.05, 0) is 49.7 Å². The maximum Gasteiger partial charge on any atom is 0.261 e. The molecule has 1 N–H and O–H groups in total. The van der Waals surface area contributed by atoms with Crippen LogP contribution in [0, 0.1) is 17.7 Å². The van der Waals surface area contributed by atoms with Gasteiger partial charge in [-0.3, -0.25) is 4.79 Å². The molecule has 3 rings (SSSR count). The van der Waals surface area contributed by atoms with Crippen LogP contribution in [0.1, 0.15) is 39.0 Å². The van der Waals surface area contributed by atoms with E-state index in [0.29, 0.717) is 12.3 Å². The molecule has 0 heterocycles. The maximum atomic E-state index is 13.6. The molecule has 0 saturated heterocycles. The topological polar surface area (TPSA) is 38.3 Å². The number of amides is 1. The van der Waals surface area contributed by atoms with Gasteiger partial charge in [-0.25, -0.2) is 4.39 Å². The van der Waals surface area contributed by atoms with Crippen LogP contribution in [0.4, 0.5) is 4.39 Å². The molecule has 2 aliphatic rings. The molecule has 0 aliphatic heterocycles. The maximum absolute atomic E-state index is 13.6. The lowest BCUT2D eigenvalue weighted by atomic mass is 9.95. The Balaban J connectivity index is 1.60. The van der Waals surface area contributed by atoms with Crippen LogP contribution < -0.4 is 10.1 Å². The highest BCUT2D eigenvalue weighted by molar-refractivity contribution is 5.81. The number of hydrogen-bond acceptors (Lipinski definition) is 2. The van der Waals surface area contributed by atoms with Crippen molar-refractivity contribution in [1.29, 1.82) is 0 Å². The molecule has 21 heavy (non-hydrogen) atoms. The van der Waals surface area contributed by atoms with E-state index in [9.17, 15) is 9.18 Å². The number of ether oxygens (including phenoxy) is 1. The van der Waals surface area contributed by atoms with E-state index in [1.807, 2.05) is 6.92 Å². The lowest BCUT2D eigenvalue weighted by Crippen LogP contribution is -2.45. The zero-order chi connectivity index (χ0) is 14.8. The van der Waals surface area contributed by atoms with E-state index >= 15 is 0 Å². The first-order valence-electron chi connectivity index (χ1n) is 7.89. The van der Waals surface area contributed by atoms with Crippen LogP contribution in [0.2, 0.25) is 0 Å². The molecule has 0 radical (unpaired) electrons. The Kier molecular flexibility index (Phi) is 4.13. The van der Waals surface area contributed by atoms with Crippen molar-refractivity contribution in [3.63, 3.8) is 0 Å². The first-order valence-corrected chi connectivity index (χ1v) is 7.89. The van der Waals surface area contributed by atoms with Gasteiger partial charge in [-0.1, -0.05) is 25.5 Å². The zero-order valence-corrected chi connectivity index (χ0v) is 12.3. The Hall–Kier alpha value is -1.58. The Bertz CT molecular complexity index is 519. The van der Waals surface area contributed by atoms with E-state index in [0.717, 1.165) is 12.3 Å². The molecule has 2 aliphatic carbocycles. The van der Waals surface area contributed by atoms with E-state index in [1.165, 1.54) is 25.3 Å². The van der Waals surface area contributed by atoms with Crippen LogP contribution in [0.15, 0.2) is 24.3 Å². The summed E-state index contributed by atoms with van der Waals surface area (Å²) in [7, 11) is 0. The fourth-order valence-electron chi connectivity index (χ4n) is 3.71. The lowest BCUT2D eigenvalue weighted by molar-refractivity contribution is -0.129. The molecule has 4 heteroatoms. The molecule has 3 nitrogen and oxygen atoms in total. The Morgan fingerprint density at radius 1 is 1.38 bits per heavy atom. The largest absolute Gasteiger partial charge is 0.478 e. The molecule has 4 atom stereocenters. The molecule has 114 valence electrons. The van der Waals surface area contributed by atoms with Crippen LogP contribution in [0.25, 0.3) is 0 Å². The SMILES string of the molecule is CCC(Oc1ccccc1F)C(=O)NC1CC2CCC1C2. The number of rotatable bonds is 5. The van der Waals surface area contributed by atoms with E-state index in [-0.39, 0.29) is 17.7 Å². The first kappa shape index (κ1) is 14.4. The summed E-state index contributed by atoms with van der Waals surface area (Å²) >= 11 is 0. The van der Waals surface area contributed by atoms with Crippen molar-refractivity contribution < 1.29 is 13.9 Å². The number of para-hydroxylation sites is 1. The fraction of sp³-hybridized carbons (Fsp3) is 0.588. The van der Waals surface area contributed by atoms with Gasteiger partial charge in [-0.2, -0.15) is 0 Å². The van der Waals surface area contributed by atoms with Crippen LogP contribution in [-0.2, 0) is 4.79 Å². The molecule has 4 unspecified atom stereocenters. The second-order valence-electron chi connectivity index (χ2n) is 6.24. The zero-order valence-electron chi connectivity index (χ0n) is 12.3. The Morgan fingerprint density at radius 2 is 2.19 bits per heavy atom. The Morgan fingerprint density at radius 3 is 2.81 bits per heavy atom. The number of nitrogens with one attached hydrogen (secondary N) is 1. The summed E-state index contributed by atoms with van der Waals surface area (Å²) in [6.45, 7) is 1.88. The smallest absolute Gasteiger partial charge is 0.261 e. The van der Waals surface area contributed by atoms with Crippen molar-refractivity contribution in [2.24, 2.45) is 11.8 Å². The normalized spacial score (nSPS) is 28.4. The third-order valence-corrected chi connectivity index (χ3v) is 4.83. The average molecular weight is 291 g/mol. The number of carbonyl (C=O) groups excluding carboxylic acids is 1. The van der Waals surface area contributed by atoms with Gasteiger partial charge in [0.25, 0.3) is 5.91 Å². The van der Waals surface area contributed by atoms with Gasteiger partial charge < -0.3 is 10.1 Å². The van der Waals surface area contributed by atoms with E-state index in [2.05, 4.69) is 5.32 Å². The molecular weight excluding hydrogens is 269 g/mol. The van der Waals surface area contributed by atoms with Gasteiger partial charge in [0.2, 0.25) is 0 Å². The molecule has 0 spiro atoms. The molecule has 0 aromatic heterocycles. The highest BCUT2D eigenvalue weighted by Gasteiger charge is 2.40. The van der Waals surface area contributed by atoms with E-state index in [1.54, 1.807) is 18.2 Å². The molecule has 1 amide bonds. The van der Waals surface area contributed by atoms with Crippen molar-refractivity contribution in [3.8, 4) is 5.75 Å². The third kappa shape index (κ3) is 3.04. The number of hydrogen-bond donors (Lipinski definition) is 1. The highest BCUT2D eigenvalue weighted by Crippen LogP contribution is 2.44. The molecule has 1 aromatic carbocycles. The molecule has 1 aromatic rings. The monoisotopic (exact) mass is 291 g/mol. The van der Waals surface area contributed by atoms with Crippen molar-refractivity contribution in [3.05, 3.63) is 30.1 Å². The minimum atomic E-state index is -0.624. The standard InChI is InChI=1S/C17H22FNO2/c1-2-15(21-16-6-4-3-5-13(16)18)17(20)19-14-10-11-7-8-12(14)9-11/h3-6,11-12,14-15H,2,7-10H2,1H3,(H,19,20). The number of benzene rings is 1. The second kappa shape index (κ2) is 6.04. The van der Waals surface area contributed by atoms with Crippen molar-refractivity contribution in [1.82, 2.24) is 5.32 Å². The van der Waals surface area contributed by atoms with Gasteiger partial charge in [0, 0.05) is 6.04 Å². The summed E-state index contributed by atoms with van der Waals surface area (Å²) in [5, 5.41) is 3.11. The summed E-state index contributed by atoms with van der Waals surface area (Å²) in [6.07, 6.45) is 4.77. The molecule has 2 saturated carbocycles. The Labute approximate surface area is 124 Å².